The number of imidazole rings is 1. The number of thioether (sulfide) groups is 1. The molecule has 2 amide bonds. The first-order chi connectivity index (χ1) is 19.9. The summed E-state index contributed by atoms with van der Waals surface area (Å²) >= 11 is 1.81. The van der Waals surface area contributed by atoms with E-state index in [4.69, 9.17) is 19.6 Å². The van der Waals surface area contributed by atoms with Gasteiger partial charge in [-0.25, -0.2) is 9.78 Å². The number of hydrogen-bond acceptors (Lipinski definition) is 7. The predicted molar refractivity (Wildman–Crippen MR) is 154 cm³/mol. The summed E-state index contributed by atoms with van der Waals surface area (Å²) in [4.78, 5) is 44.9. The number of carboxylic acids is 1. The summed E-state index contributed by atoms with van der Waals surface area (Å²) < 4.78 is 39.2. The van der Waals surface area contributed by atoms with Gasteiger partial charge in [-0.3, -0.25) is 9.59 Å². The molecule has 2 aliphatic heterocycles. The Bertz CT molecular complexity index is 1200. The minimum absolute atomic E-state index is 0.0367. The summed E-state index contributed by atoms with van der Waals surface area (Å²) in [7, 11) is 0. The molecule has 4 rings (SSSR count). The summed E-state index contributed by atoms with van der Waals surface area (Å²) in [6.45, 7) is 9.50. The number of aliphatic carboxylic acids is 1. The first kappa shape index (κ1) is 33.7. The number of benzene rings is 1. The van der Waals surface area contributed by atoms with Crippen molar-refractivity contribution >= 4 is 40.6 Å². The van der Waals surface area contributed by atoms with E-state index in [-0.39, 0.29) is 23.8 Å². The Kier molecular flexibility index (Phi) is 12.5. The first-order valence-corrected chi connectivity index (χ1v) is 15.5. The first-order valence-electron chi connectivity index (χ1n) is 14.1. The zero-order valence-electron chi connectivity index (χ0n) is 24.2. The van der Waals surface area contributed by atoms with Crippen LogP contribution in [0.15, 0.2) is 24.3 Å². The minimum atomic E-state index is -5.08. The number of rotatable bonds is 9. The highest BCUT2D eigenvalue weighted by Crippen LogP contribution is 2.24. The quantitative estimate of drug-likeness (QED) is 0.413. The van der Waals surface area contributed by atoms with Crippen LogP contribution in [0.4, 0.5) is 13.2 Å². The molecule has 14 heteroatoms. The van der Waals surface area contributed by atoms with Gasteiger partial charge in [-0.1, -0.05) is 26.0 Å². The number of para-hydroxylation sites is 2. The third-order valence-electron chi connectivity index (χ3n) is 7.08. The molecule has 2 fully saturated rings. The maximum atomic E-state index is 14.1. The molecular weight excluding hydrogens is 575 g/mol. The van der Waals surface area contributed by atoms with Crippen molar-refractivity contribution in [3.63, 3.8) is 0 Å². The number of ether oxygens (including phenoxy) is 1. The fraction of sp³-hybridized carbons (Fsp3) is 0.643. The molecule has 0 spiro atoms. The summed E-state index contributed by atoms with van der Waals surface area (Å²) in [6.07, 6.45) is -1.32. The molecule has 1 aromatic heterocycles. The Morgan fingerprint density at radius 1 is 1.19 bits per heavy atom. The monoisotopic (exact) mass is 615 g/mol. The topological polar surface area (TPSA) is 117 Å². The van der Waals surface area contributed by atoms with Gasteiger partial charge in [0.25, 0.3) is 5.91 Å². The molecule has 2 aliphatic rings. The Morgan fingerprint density at radius 3 is 2.48 bits per heavy atom. The lowest BCUT2D eigenvalue weighted by Gasteiger charge is -2.40. The second-order valence-electron chi connectivity index (χ2n) is 10.8. The van der Waals surface area contributed by atoms with Crippen molar-refractivity contribution in [1.29, 1.82) is 0 Å². The SMILES string of the molecule is CSCCCn1c(C(=O)N(CC(C)C)[C@@H]2CNC[C@H](C(=O)N3CCOCC3)C2)nc2ccccc21.O=C(O)C(F)(F)F. The number of aromatic nitrogens is 2. The van der Waals surface area contributed by atoms with E-state index in [0.29, 0.717) is 64.1 Å². The molecule has 0 saturated carbocycles. The molecule has 0 bridgehead atoms. The van der Waals surface area contributed by atoms with Crippen LogP contribution in [0.3, 0.4) is 0 Å². The van der Waals surface area contributed by atoms with Crippen LogP contribution in [0.2, 0.25) is 0 Å². The fourth-order valence-corrected chi connectivity index (χ4v) is 5.56. The molecule has 1 aromatic carbocycles. The molecule has 42 heavy (non-hydrogen) atoms. The van der Waals surface area contributed by atoms with Crippen molar-refractivity contribution in [1.82, 2.24) is 24.7 Å². The zero-order valence-corrected chi connectivity index (χ0v) is 25.0. The molecule has 2 N–H and O–H groups in total. The van der Waals surface area contributed by atoms with Gasteiger partial charge < -0.3 is 29.5 Å². The zero-order chi connectivity index (χ0) is 30.9. The highest BCUT2D eigenvalue weighted by atomic mass is 32.2. The largest absolute Gasteiger partial charge is 0.490 e. The van der Waals surface area contributed by atoms with Crippen molar-refractivity contribution in [3.05, 3.63) is 30.1 Å². The number of hydrogen-bond donors (Lipinski definition) is 2. The second kappa shape index (κ2) is 15.6. The summed E-state index contributed by atoms with van der Waals surface area (Å²) in [6, 6.07) is 7.94. The summed E-state index contributed by atoms with van der Waals surface area (Å²) in [5.41, 5.74) is 1.86. The lowest BCUT2D eigenvalue weighted by molar-refractivity contribution is -0.192. The van der Waals surface area contributed by atoms with Gasteiger partial charge in [-0.15, -0.1) is 0 Å². The van der Waals surface area contributed by atoms with Crippen LogP contribution in [0, 0.1) is 11.8 Å². The molecule has 0 unspecified atom stereocenters. The van der Waals surface area contributed by atoms with Crippen LogP contribution in [-0.4, -0.2) is 112 Å². The van der Waals surface area contributed by atoms with Crippen molar-refractivity contribution < 1.29 is 37.4 Å². The highest BCUT2D eigenvalue weighted by molar-refractivity contribution is 7.98. The van der Waals surface area contributed by atoms with E-state index < -0.39 is 12.1 Å². The molecule has 234 valence electrons. The third-order valence-corrected chi connectivity index (χ3v) is 7.78. The smallest absolute Gasteiger partial charge is 0.475 e. The van der Waals surface area contributed by atoms with Crippen molar-refractivity contribution in [2.75, 3.05) is 57.9 Å². The van der Waals surface area contributed by atoms with E-state index in [0.717, 1.165) is 29.8 Å². The average molecular weight is 616 g/mol. The van der Waals surface area contributed by atoms with Crippen LogP contribution >= 0.6 is 11.8 Å². The molecular formula is C28H40F3N5O5S. The molecule has 2 atom stereocenters. The maximum Gasteiger partial charge on any atom is 0.490 e. The Morgan fingerprint density at radius 2 is 1.86 bits per heavy atom. The van der Waals surface area contributed by atoms with E-state index in [1.165, 1.54) is 0 Å². The Balaban J connectivity index is 0.000000616. The van der Waals surface area contributed by atoms with Gasteiger partial charge >= 0.3 is 12.1 Å². The minimum Gasteiger partial charge on any atom is -0.475 e. The molecule has 2 saturated heterocycles. The van der Waals surface area contributed by atoms with E-state index in [1.54, 1.807) is 0 Å². The van der Waals surface area contributed by atoms with Gasteiger partial charge in [0.15, 0.2) is 5.82 Å². The number of nitrogens with zero attached hydrogens (tertiary/aromatic N) is 4. The van der Waals surface area contributed by atoms with Gasteiger partial charge in [0, 0.05) is 45.3 Å². The van der Waals surface area contributed by atoms with Gasteiger partial charge in [-0.2, -0.15) is 24.9 Å². The number of carbonyl (C=O) groups excluding carboxylic acids is 2. The van der Waals surface area contributed by atoms with E-state index >= 15 is 0 Å². The van der Waals surface area contributed by atoms with Crippen LogP contribution in [0.1, 0.15) is 37.3 Å². The number of piperidine rings is 1. The van der Waals surface area contributed by atoms with E-state index in [1.807, 2.05) is 45.8 Å². The number of carboxylic acid groups (broad SMARTS) is 1. The standard InChI is InChI=1S/C26H39N5O3S.C2HF3O2/c1-19(2)18-31(21-15-20(16-27-17-21)25(32)29-10-12-34-13-11-29)26(33)24-28-22-7-4-5-8-23(22)30(24)9-6-14-35-3;3-2(4,5)1(6)7/h4-5,7-8,19-21,27H,6,9-18H2,1-3H3;(H,6,7)/t20-,21+;/m1./s1. The normalized spacial score (nSPS) is 19.4. The molecule has 0 radical (unpaired) electrons. The maximum absolute atomic E-state index is 14.1. The predicted octanol–water partition coefficient (Wildman–Crippen LogP) is 3.36. The molecule has 10 nitrogen and oxygen atoms in total. The molecule has 3 heterocycles. The van der Waals surface area contributed by atoms with Crippen LogP contribution in [0.25, 0.3) is 11.0 Å². The lowest BCUT2D eigenvalue weighted by Crippen LogP contribution is -2.56. The molecule has 0 aliphatic carbocycles. The van der Waals surface area contributed by atoms with E-state index in [9.17, 15) is 22.8 Å². The number of nitrogens with one attached hydrogen (secondary N) is 1. The number of morpholine rings is 1. The summed E-state index contributed by atoms with van der Waals surface area (Å²) in [5.74, 6) is -0.897. The molecule has 2 aromatic rings. The third kappa shape index (κ3) is 9.08. The number of carbonyl (C=O) groups is 3. The number of amides is 2. The van der Waals surface area contributed by atoms with Crippen LogP contribution < -0.4 is 5.32 Å². The Hall–Kier alpha value is -2.84. The van der Waals surface area contributed by atoms with Gasteiger partial charge in [-0.05, 0) is 42.9 Å². The number of aryl methyl sites for hydroxylation is 1. The van der Waals surface area contributed by atoms with Crippen molar-refractivity contribution in [3.8, 4) is 0 Å². The number of fused-ring (bicyclic) bond motifs is 1. The number of halogens is 3. The van der Waals surface area contributed by atoms with Gasteiger partial charge in [0.1, 0.15) is 0 Å². The fourth-order valence-electron chi connectivity index (χ4n) is 5.14. The number of alkyl halides is 3. The summed E-state index contributed by atoms with van der Waals surface area (Å²) in [5, 5.41) is 10.6. The van der Waals surface area contributed by atoms with Crippen LogP contribution in [0.5, 0.6) is 0 Å². The van der Waals surface area contributed by atoms with E-state index in [2.05, 4.69) is 30.0 Å². The second-order valence-corrected chi connectivity index (χ2v) is 11.7. The Labute approximate surface area is 247 Å². The highest BCUT2D eigenvalue weighted by Gasteiger charge is 2.38. The van der Waals surface area contributed by atoms with Crippen molar-refractivity contribution in [2.45, 2.75) is 45.5 Å². The van der Waals surface area contributed by atoms with Gasteiger partial charge in [0.2, 0.25) is 5.91 Å². The average Bonchev–Trinajstić information content (AvgIpc) is 3.34. The lowest BCUT2D eigenvalue weighted by atomic mass is 9.92. The van der Waals surface area contributed by atoms with Crippen molar-refractivity contribution in [2.24, 2.45) is 11.8 Å². The van der Waals surface area contributed by atoms with Crippen LogP contribution in [-0.2, 0) is 20.9 Å². The van der Waals surface area contributed by atoms with Gasteiger partial charge in [0.05, 0.1) is 30.2 Å².